The molecule has 0 amide bonds. The highest BCUT2D eigenvalue weighted by atomic mass is 28.3. The molecule has 0 spiro atoms. The first-order valence-corrected chi connectivity index (χ1v) is 12.0. The van der Waals surface area contributed by atoms with Gasteiger partial charge in [-0.05, 0) is 38.1 Å². The van der Waals surface area contributed by atoms with Crippen molar-refractivity contribution >= 4 is 8.07 Å². The van der Waals surface area contributed by atoms with Crippen LogP contribution in [-0.4, -0.2) is 21.3 Å². The molecule has 1 nitrogen and oxygen atoms in total. The van der Waals surface area contributed by atoms with E-state index in [1.807, 2.05) is 0 Å². The highest BCUT2D eigenvalue weighted by Gasteiger charge is 2.17. The lowest BCUT2D eigenvalue weighted by Gasteiger charge is -2.24. The molecule has 1 aliphatic rings. The molecule has 0 saturated carbocycles. The van der Waals surface area contributed by atoms with Gasteiger partial charge in [0.1, 0.15) is 0 Å². The molecule has 112 valence electrons. The van der Waals surface area contributed by atoms with Crippen molar-refractivity contribution in [2.75, 3.05) is 13.2 Å². The van der Waals surface area contributed by atoms with Crippen LogP contribution in [-0.2, 0) is 4.74 Å². The summed E-state index contributed by atoms with van der Waals surface area (Å²) in [5.74, 6) is 0.710. The average molecular weight is 283 g/mol. The minimum atomic E-state index is -0.934. The Hall–Kier alpha value is -0.0831. The first-order chi connectivity index (χ1) is 9.03. The first kappa shape index (κ1) is 17.0. The SMILES string of the molecule is CCCCC(COCC[Si](C)(C)C)C1=CCCCC1. The molecule has 0 N–H and O–H groups in total. The van der Waals surface area contributed by atoms with Crippen molar-refractivity contribution in [1.82, 2.24) is 0 Å². The maximum atomic E-state index is 6.02. The molecule has 19 heavy (non-hydrogen) atoms. The molecule has 0 heterocycles. The Morgan fingerprint density at radius 3 is 2.63 bits per heavy atom. The second kappa shape index (κ2) is 8.96. The van der Waals surface area contributed by atoms with Crippen molar-refractivity contribution < 1.29 is 4.74 Å². The monoisotopic (exact) mass is 282 g/mol. The van der Waals surface area contributed by atoms with E-state index >= 15 is 0 Å². The highest BCUT2D eigenvalue weighted by molar-refractivity contribution is 6.76. The second-order valence-corrected chi connectivity index (χ2v) is 12.9. The van der Waals surface area contributed by atoms with E-state index in [2.05, 4.69) is 32.6 Å². The summed E-state index contributed by atoms with van der Waals surface area (Å²) in [4.78, 5) is 0. The van der Waals surface area contributed by atoms with Crippen LogP contribution >= 0.6 is 0 Å². The Kier molecular flexibility index (Phi) is 8.01. The lowest BCUT2D eigenvalue weighted by molar-refractivity contribution is 0.115. The topological polar surface area (TPSA) is 9.23 Å². The molecular formula is C17H34OSi. The van der Waals surface area contributed by atoms with Gasteiger partial charge >= 0.3 is 0 Å². The van der Waals surface area contributed by atoms with Crippen molar-refractivity contribution in [3.05, 3.63) is 11.6 Å². The van der Waals surface area contributed by atoms with E-state index in [-0.39, 0.29) is 0 Å². The summed E-state index contributed by atoms with van der Waals surface area (Å²) in [6.45, 7) is 11.5. The zero-order valence-corrected chi connectivity index (χ0v) is 14.6. The van der Waals surface area contributed by atoms with E-state index in [1.54, 1.807) is 5.57 Å². The second-order valence-electron chi connectivity index (χ2n) is 7.25. The molecule has 0 saturated heterocycles. The van der Waals surface area contributed by atoms with Gasteiger partial charge in [-0.1, -0.05) is 51.1 Å². The summed E-state index contributed by atoms with van der Waals surface area (Å²) in [6.07, 6.45) is 11.9. The number of hydrogen-bond acceptors (Lipinski definition) is 1. The fraction of sp³-hybridized carbons (Fsp3) is 0.882. The maximum absolute atomic E-state index is 6.02. The van der Waals surface area contributed by atoms with Crippen LogP contribution in [0.25, 0.3) is 0 Å². The number of ether oxygens (including phenoxy) is 1. The minimum Gasteiger partial charge on any atom is -0.381 e. The summed E-state index contributed by atoms with van der Waals surface area (Å²) in [6, 6.07) is 1.30. The number of hydrogen-bond donors (Lipinski definition) is 0. The predicted octanol–water partition coefficient (Wildman–Crippen LogP) is 5.65. The lowest BCUT2D eigenvalue weighted by Crippen LogP contribution is -2.23. The van der Waals surface area contributed by atoms with Gasteiger partial charge in [-0.15, -0.1) is 0 Å². The van der Waals surface area contributed by atoms with Crippen molar-refractivity contribution in [2.24, 2.45) is 5.92 Å². The van der Waals surface area contributed by atoms with Gasteiger partial charge in [-0.3, -0.25) is 0 Å². The van der Waals surface area contributed by atoms with Crippen LogP contribution in [0.5, 0.6) is 0 Å². The van der Waals surface area contributed by atoms with Crippen LogP contribution in [0, 0.1) is 5.92 Å². The number of unbranched alkanes of at least 4 members (excludes halogenated alkanes) is 1. The molecule has 0 fully saturated rings. The quantitative estimate of drug-likeness (QED) is 0.302. The zero-order valence-electron chi connectivity index (χ0n) is 13.6. The summed E-state index contributed by atoms with van der Waals surface area (Å²) in [5, 5.41) is 0. The van der Waals surface area contributed by atoms with Gasteiger partial charge in [0, 0.05) is 20.6 Å². The van der Waals surface area contributed by atoms with E-state index in [0.717, 1.165) is 13.2 Å². The molecule has 0 aliphatic heterocycles. The maximum Gasteiger partial charge on any atom is 0.0531 e. The van der Waals surface area contributed by atoms with Gasteiger partial charge in [0.2, 0.25) is 0 Å². The Morgan fingerprint density at radius 1 is 1.26 bits per heavy atom. The summed E-state index contributed by atoms with van der Waals surface area (Å²) in [7, 11) is -0.934. The molecule has 0 aromatic carbocycles. The fourth-order valence-electron chi connectivity index (χ4n) is 2.66. The molecule has 0 aromatic rings. The van der Waals surface area contributed by atoms with E-state index in [0.29, 0.717) is 5.92 Å². The molecule has 0 bridgehead atoms. The molecular weight excluding hydrogens is 248 g/mol. The Bertz CT molecular complexity index is 265. The largest absolute Gasteiger partial charge is 0.381 e. The fourth-order valence-corrected chi connectivity index (χ4v) is 3.42. The van der Waals surface area contributed by atoms with Gasteiger partial charge in [-0.2, -0.15) is 0 Å². The molecule has 0 radical (unpaired) electrons. The molecule has 1 unspecified atom stereocenters. The number of rotatable bonds is 9. The molecule has 1 atom stereocenters. The van der Waals surface area contributed by atoms with Gasteiger partial charge in [0.25, 0.3) is 0 Å². The molecule has 1 aliphatic carbocycles. The summed E-state index contributed by atoms with van der Waals surface area (Å²) in [5.41, 5.74) is 1.70. The van der Waals surface area contributed by atoms with Gasteiger partial charge < -0.3 is 4.74 Å². The number of allylic oxidation sites excluding steroid dienone is 1. The minimum absolute atomic E-state index is 0.710. The standard InChI is InChI=1S/C17H34OSi/c1-5-6-10-17(16-11-8-7-9-12-16)15-18-13-14-19(2,3)4/h11,17H,5-10,12-15H2,1-4H3. The predicted molar refractivity (Wildman–Crippen MR) is 88.5 cm³/mol. The zero-order chi connectivity index (χ0) is 14.1. The third-order valence-electron chi connectivity index (χ3n) is 4.07. The van der Waals surface area contributed by atoms with E-state index in [4.69, 9.17) is 4.74 Å². The Labute approximate surface area is 121 Å². The smallest absolute Gasteiger partial charge is 0.0531 e. The first-order valence-electron chi connectivity index (χ1n) is 8.29. The average Bonchev–Trinajstić information content (AvgIpc) is 2.38. The normalized spacial score (nSPS) is 18.2. The van der Waals surface area contributed by atoms with E-state index < -0.39 is 8.07 Å². The van der Waals surface area contributed by atoms with Crippen LogP contribution in [0.3, 0.4) is 0 Å². The van der Waals surface area contributed by atoms with Gasteiger partial charge in [-0.25, -0.2) is 0 Å². The third kappa shape index (κ3) is 7.94. The van der Waals surface area contributed by atoms with Crippen LogP contribution < -0.4 is 0 Å². The Balaban J connectivity index is 2.34. The Morgan fingerprint density at radius 2 is 2.05 bits per heavy atom. The van der Waals surface area contributed by atoms with Gasteiger partial charge in [0.05, 0.1) is 6.61 Å². The molecule has 1 rings (SSSR count). The molecule has 2 heteroatoms. The third-order valence-corrected chi connectivity index (χ3v) is 5.78. The van der Waals surface area contributed by atoms with Crippen LogP contribution in [0.2, 0.25) is 25.7 Å². The van der Waals surface area contributed by atoms with Crippen molar-refractivity contribution in [3.63, 3.8) is 0 Å². The van der Waals surface area contributed by atoms with Crippen molar-refractivity contribution in [2.45, 2.75) is 77.6 Å². The highest BCUT2D eigenvalue weighted by Crippen LogP contribution is 2.28. The van der Waals surface area contributed by atoms with Gasteiger partial charge in [0.15, 0.2) is 0 Å². The molecule has 0 aromatic heterocycles. The lowest BCUT2D eigenvalue weighted by atomic mass is 9.86. The van der Waals surface area contributed by atoms with Crippen molar-refractivity contribution in [3.8, 4) is 0 Å². The van der Waals surface area contributed by atoms with E-state index in [1.165, 1.54) is 51.0 Å². The summed E-state index contributed by atoms with van der Waals surface area (Å²) >= 11 is 0. The van der Waals surface area contributed by atoms with Crippen LogP contribution in [0.4, 0.5) is 0 Å². The van der Waals surface area contributed by atoms with Crippen LogP contribution in [0.1, 0.15) is 51.9 Å². The van der Waals surface area contributed by atoms with Crippen molar-refractivity contribution in [1.29, 1.82) is 0 Å². The summed E-state index contributed by atoms with van der Waals surface area (Å²) < 4.78 is 6.02. The van der Waals surface area contributed by atoms with E-state index in [9.17, 15) is 0 Å². The van der Waals surface area contributed by atoms with Crippen LogP contribution in [0.15, 0.2) is 11.6 Å².